The Balaban J connectivity index is 2.09. The summed E-state index contributed by atoms with van der Waals surface area (Å²) in [7, 11) is 2.89. The van der Waals surface area contributed by atoms with Crippen LogP contribution in [0.4, 0.5) is 18.9 Å². The van der Waals surface area contributed by atoms with Gasteiger partial charge in [-0.1, -0.05) is 12.1 Å². The number of hydrogen-bond acceptors (Lipinski definition) is 4. The third-order valence-corrected chi connectivity index (χ3v) is 4.06. The molecule has 1 aliphatic rings. The van der Waals surface area contributed by atoms with Gasteiger partial charge in [-0.15, -0.1) is 0 Å². The highest BCUT2D eigenvalue weighted by atomic mass is 19.4. The van der Waals surface area contributed by atoms with Crippen molar-refractivity contribution in [3.63, 3.8) is 0 Å². The number of benzene rings is 2. The lowest BCUT2D eigenvalue weighted by Gasteiger charge is -2.38. The van der Waals surface area contributed by atoms with Gasteiger partial charge in [0.1, 0.15) is 24.2 Å². The molecule has 1 N–H and O–H groups in total. The average Bonchev–Trinajstić information content (AvgIpc) is 2.62. The lowest BCUT2D eigenvalue weighted by molar-refractivity contribution is -0.144. The lowest BCUT2D eigenvalue weighted by Crippen LogP contribution is -2.47. The number of amides is 1. The Morgan fingerprint density at radius 2 is 1.69 bits per heavy atom. The van der Waals surface area contributed by atoms with E-state index in [-0.39, 0.29) is 5.56 Å². The number of anilines is 1. The molecule has 138 valence electrons. The summed E-state index contributed by atoms with van der Waals surface area (Å²) in [4.78, 5) is 13.5. The molecule has 0 spiro atoms. The molecule has 1 amide bonds. The van der Waals surface area contributed by atoms with Crippen LogP contribution in [0.1, 0.15) is 22.1 Å². The van der Waals surface area contributed by atoms with Crippen molar-refractivity contribution in [1.82, 2.24) is 4.90 Å². The first-order valence-corrected chi connectivity index (χ1v) is 7.78. The Bertz CT molecular complexity index is 801. The highest BCUT2D eigenvalue weighted by Crippen LogP contribution is 2.37. The molecule has 0 aliphatic carbocycles. The van der Waals surface area contributed by atoms with Crippen molar-refractivity contribution in [1.29, 1.82) is 0 Å². The summed E-state index contributed by atoms with van der Waals surface area (Å²) >= 11 is 0. The number of para-hydroxylation sites is 1. The number of rotatable bonds is 4. The second-order valence-electron chi connectivity index (χ2n) is 5.79. The zero-order valence-electron chi connectivity index (χ0n) is 14.1. The molecule has 0 aromatic heterocycles. The summed E-state index contributed by atoms with van der Waals surface area (Å²) in [5.41, 5.74) is 1.10. The van der Waals surface area contributed by atoms with Crippen LogP contribution in [-0.4, -0.2) is 37.7 Å². The van der Waals surface area contributed by atoms with E-state index in [1.165, 1.54) is 20.3 Å². The molecule has 0 saturated carbocycles. The number of nitrogens with one attached hydrogen (secondary N) is 1. The molecule has 8 heteroatoms. The minimum atomic E-state index is -4.54. The molecule has 0 bridgehead atoms. The quantitative estimate of drug-likeness (QED) is 0.894. The van der Waals surface area contributed by atoms with Crippen LogP contribution in [0.15, 0.2) is 42.5 Å². The molecule has 0 fully saturated rings. The zero-order chi connectivity index (χ0) is 18.9. The fourth-order valence-corrected chi connectivity index (χ4v) is 2.90. The molecule has 1 aliphatic heterocycles. The second kappa shape index (κ2) is 6.78. The summed E-state index contributed by atoms with van der Waals surface area (Å²) in [5, 5.41) is 3.01. The summed E-state index contributed by atoms with van der Waals surface area (Å²) in [5.74, 6) is 0.141. The van der Waals surface area contributed by atoms with Crippen molar-refractivity contribution in [3.8, 4) is 11.5 Å². The molecule has 0 radical (unpaired) electrons. The Kier molecular flexibility index (Phi) is 4.67. The smallest absolute Gasteiger partial charge is 0.406 e. The zero-order valence-corrected chi connectivity index (χ0v) is 14.1. The SMILES string of the molecule is COc1cc(OC)cc([C@@H]2Nc3ccccc3C(=O)N2CC(F)(F)F)c1. The Morgan fingerprint density at radius 1 is 1.08 bits per heavy atom. The van der Waals surface area contributed by atoms with E-state index < -0.39 is 24.8 Å². The van der Waals surface area contributed by atoms with E-state index in [0.717, 1.165) is 4.90 Å². The van der Waals surface area contributed by atoms with Crippen molar-refractivity contribution in [2.24, 2.45) is 0 Å². The number of hydrogen-bond donors (Lipinski definition) is 1. The van der Waals surface area contributed by atoms with Crippen LogP contribution in [-0.2, 0) is 0 Å². The summed E-state index contributed by atoms with van der Waals surface area (Å²) < 4.78 is 49.7. The van der Waals surface area contributed by atoms with Crippen LogP contribution in [0.25, 0.3) is 0 Å². The molecular weight excluding hydrogens is 349 g/mol. The maximum absolute atomic E-state index is 13.1. The van der Waals surface area contributed by atoms with Crippen LogP contribution >= 0.6 is 0 Å². The van der Waals surface area contributed by atoms with Crippen LogP contribution in [0.2, 0.25) is 0 Å². The van der Waals surface area contributed by atoms with Gasteiger partial charge in [0.25, 0.3) is 5.91 Å². The van der Waals surface area contributed by atoms with Crippen LogP contribution < -0.4 is 14.8 Å². The second-order valence-corrected chi connectivity index (χ2v) is 5.79. The number of methoxy groups -OCH3 is 2. The number of halogens is 3. The van der Waals surface area contributed by atoms with Gasteiger partial charge in [-0.05, 0) is 24.3 Å². The minimum absolute atomic E-state index is 0.197. The first-order valence-electron chi connectivity index (χ1n) is 7.78. The molecule has 1 atom stereocenters. The van der Waals surface area contributed by atoms with Gasteiger partial charge in [-0.2, -0.15) is 13.2 Å². The molecule has 5 nitrogen and oxygen atoms in total. The van der Waals surface area contributed by atoms with E-state index in [1.807, 2.05) is 0 Å². The topological polar surface area (TPSA) is 50.8 Å². The molecular formula is C18H17F3N2O3. The summed E-state index contributed by atoms with van der Waals surface area (Å²) in [6.07, 6.45) is -5.55. The number of carbonyl (C=O) groups is 1. The molecule has 26 heavy (non-hydrogen) atoms. The highest BCUT2D eigenvalue weighted by Gasteiger charge is 2.40. The van der Waals surface area contributed by atoms with Gasteiger partial charge >= 0.3 is 6.18 Å². The van der Waals surface area contributed by atoms with Crippen molar-refractivity contribution < 1.29 is 27.4 Å². The van der Waals surface area contributed by atoms with E-state index in [2.05, 4.69) is 5.32 Å². The van der Waals surface area contributed by atoms with E-state index in [9.17, 15) is 18.0 Å². The summed E-state index contributed by atoms with van der Waals surface area (Å²) in [6, 6.07) is 11.2. The Hall–Kier alpha value is -2.90. The predicted octanol–water partition coefficient (Wildman–Crippen LogP) is 3.83. The minimum Gasteiger partial charge on any atom is -0.497 e. The molecule has 1 heterocycles. The molecule has 2 aromatic rings. The average molecular weight is 366 g/mol. The molecule has 2 aromatic carbocycles. The van der Waals surface area contributed by atoms with E-state index in [4.69, 9.17) is 9.47 Å². The van der Waals surface area contributed by atoms with Gasteiger partial charge in [0.2, 0.25) is 0 Å². The van der Waals surface area contributed by atoms with E-state index in [1.54, 1.807) is 36.4 Å². The Labute approximate surface area is 148 Å². The lowest BCUT2D eigenvalue weighted by atomic mass is 10.0. The molecule has 0 unspecified atom stereocenters. The fraction of sp³-hybridized carbons (Fsp3) is 0.278. The van der Waals surface area contributed by atoms with Gasteiger partial charge < -0.3 is 19.7 Å². The van der Waals surface area contributed by atoms with Crippen LogP contribution in [0.5, 0.6) is 11.5 Å². The monoisotopic (exact) mass is 366 g/mol. The largest absolute Gasteiger partial charge is 0.497 e. The van der Waals surface area contributed by atoms with Crippen LogP contribution in [0.3, 0.4) is 0 Å². The van der Waals surface area contributed by atoms with E-state index in [0.29, 0.717) is 22.7 Å². The molecule has 3 rings (SSSR count). The normalized spacial score (nSPS) is 16.7. The third-order valence-electron chi connectivity index (χ3n) is 4.06. The van der Waals surface area contributed by atoms with Gasteiger partial charge in [-0.3, -0.25) is 4.79 Å². The first-order chi connectivity index (χ1) is 12.3. The maximum atomic E-state index is 13.1. The van der Waals surface area contributed by atoms with Crippen LogP contribution in [0, 0.1) is 0 Å². The number of nitrogens with zero attached hydrogens (tertiary/aromatic N) is 1. The fourth-order valence-electron chi connectivity index (χ4n) is 2.90. The van der Waals surface area contributed by atoms with Gasteiger partial charge in [-0.25, -0.2) is 0 Å². The van der Waals surface area contributed by atoms with Gasteiger partial charge in [0.05, 0.1) is 19.8 Å². The number of alkyl halides is 3. The van der Waals surface area contributed by atoms with Gasteiger partial charge in [0, 0.05) is 17.3 Å². The number of carbonyl (C=O) groups excluding carboxylic acids is 1. The molecule has 0 saturated heterocycles. The van der Waals surface area contributed by atoms with Crippen molar-refractivity contribution >= 4 is 11.6 Å². The first kappa shape index (κ1) is 17.9. The highest BCUT2D eigenvalue weighted by molar-refractivity contribution is 6.01. The number of ether oxygens (including phenoxy) is 2. The predicted molar refractivity (Wildman–Crippen MR) is 89.4 cm³/mol. The number of fused-ring (bicyclic) bond motifs is 1. The maximum Gasteiger partial charge on any atom is 0.406 e. The Morgan fingerprint density at radius 3 is 2.27 bits per heavy atom. The third kappa shape index (κ3) is 3.54. The van der Waals surface area contributed by atoms with Gasteiger partial charge in [0.15, 0.2) is 0 Å². The van der Waals surface area contributed by atoms with Crippen molar-refractivity contribution in [2.45, 2.75) is 12.3 Å². The standard InChI is InChI=1S/C18H17F3N2O3/c1-25-12-7-11(8-13(9-12)26-2)16-22-15-6-4-3-5-14(15)17(24)23(16)10-18(19,20)21/h3-9,16,22H,10H2,1-2H3/t16-/m1/s1. The van der Waals surface area contributed by atoms with Crippen molar-refractivity contribution in [2.75, 3.05) is 26.1 Å². The van der Waals surface area contributed by atoms with Crippen molar-refractivity contribution in [3.05, 3.63) is 53.6 Å². The summed E-state index contributed by atoms with van der Waals surface area (Å²) in [6.45, 7) is -1.38. The van der Waals surface area contributed by atoms with E-state index >= 15 is 0 Å².